The van der Waals surface area contributed by atoms with E-state index in [9.17, 15) is 4.79 Å². The number of urea groups is 1. The highest BCUT2D eigenvalue weighted by molar-refractivity contribution is 7.97. The molecule has 3 rings (SSSR count). The summed E-state index contributed by atoms with van der Waals surface area (Å²) in [5, 5.41) is 16.0. The lowest BCUT2D eigenvalue weighted by atomic mass is 10.2. The molecular weight excluding hydrogens is 439 g/mol. The topological polar surface area (TPSA) is 76.1 Å². The van der Waals surface area contributed by atoms with Gasteiger partial charge in [0.15, 0.2) is 0 Å². The van der Waals surface area contributed by atoms with Crippen LogP contribution in [-0.4, -0.2) is 23.3 Å². The molecule has 0 fully saturated rings. The summed E-state index contributed by atoms with van der Waals surface area (Å²) in [5.74, 6) is 2.12. The van der Waals surface area contributed by atoms with Crippen LogP contribution >= 0.6 is 46.3 Å². The number of aromatic nitrogens is 2. The average molecular weight is 455 g/mol. The van der Waals surface area contributed by atoms with Crippen molar-refractivity contribution >= 4 is 63.2 Å². The van der Waals surface area contributed by atoms with E-state index in [1.165, 1.54) is 11.3 Å². The highest BCUT2D eigenvalue weighted by Gasteiger charge is 2.09. The molecule has 0 spiro atoms. The molecule has 1 heterocycles. The van der Waals surface area contributed by atoms with Crippen molar-refractivity contribution in [2.45, 2.75) is 11.5 Å². The van der Waals surface area contributed by atoms with Crippen molar-refractivity contribution in [2.75, 3.05) is 17.7 Å². The third kappa shape index (κ3) is 6.00. The second-order valence-corrected chi connectivity index (χ2v) is 8.43. The van der Waals surface area contributed by atoms with Gasteiger partial charge in [0.2, 0.25) is 5.13 Å². The Morgan fingerprint density at radius 3 is 2.61 bits per heavy atom. The molecule has 10 heteroatoms. The number of hydrogen-bond donors (Lipinski definition) is 2. The maximum atomic E-state index is 12.1. The summed E-state index contributed by atoms with van der Waals surface area (Å²) in [6.45, 7) is 0. The summed E-state index contributed by atoms with van der Waals surface area (Å²) in [6.07, 6.45) is 0. The minimum atomic E-state index is -0.381. The smallest absolute Gasteiger partial charge is 0.325 e. The molecule has 1 aromatic heterocycles. The van der Waals surface area contributed by atoms with E-state index in [1.807, 2.05) is 12.1 Å². The molecule has 28 heavy (non-hydrogen) atoms. The number of nitrogens with zero attached hydrogens (tertiary/aromatic N) is 2. The Balaban J connectivity index is 1.47. The maximum absolute atomic E-state index is 12.1. The van der Waals surface area contributed by atoms with Crippen molar-refractivity contribution in [3.05, 3.63) is 63.1 Å². The molecule has 0 unspecified atom stereocenters. The Labute approximate surface area is 180 Å². The molecule has 0 saturated heterocycles. The Hall–Kier alpha value is -2.00. The fraction of sp³-hybridized carbons (Fsp3) is 0.167. The Morgan fingerprint density at radius 1 is 1.11 bits per heavy atom. The molecule has 2 amide bonds. The molecule has 0 bridgehead atoms. The zero-order chi connectivity index (χ0) is 19.9. The minimum Gasteiger partial charge on any atom is -0.497 e. The summed E-state index contributed by atoms with van der Waals surface area (Å²) < 4.78 is 5.08. The number of amides is 2. The third-order valence-corrected chi connectivity index (χ3v) is 6.13. The molecule has 2 aromatic carbocycles. The van der Waals surface area contributed by atoms with Crippen LogP contribution in [0.1, 0.15) is 10.6 Å². The summed E-state index contributed by atoms with van der Waals surface area (Å²) in [7, 11) is 1.59. The van der Waals surface area contributed by atoms with E-state index >= 15 is 0 Å². The zero-order valence-corrected chi connectivity index (χ0v) is 17.9. The van der Waals surface area contributed by atoms with Gasteiger partial charge in [-0.05, 0) is 42.0 Å². The zero-order valence-electron chi connectivity index (χ0n) is 14.7. The van der Waals surface area contributed by atoms with Gasteiger partial charge in [-0.15, -0.1) is 22.0 Å². The first-order chi connectivity index (χ1) is 13.5. The molecule has 0 atom stereocenters. The van der Waals surface area contributed by atoms with Gasteiger partial charge in [0.25, 0.3) is 0 Å². The third-order valence-electron chi connectivity index (χ3n) is 3.53. The maximum Gasteiger partial charge on any atom is 0.325 e. The van der Waals surface area contributed by atoms with Crippen molar-refractivity contribution in [1.29, 1.82) is 0 Å². The molecule has 6 nitrogen and oxygen atoms in total. The monoisotopic (exact) mass is 454 g/mol. The fourth-order valence-electron chi connectivity index (χ4n) is 2.18. The molecule has 2 N–H and O–H groups in total. The van der Waals surface area contributed by atoms with Gasteiger partial charge in [0, 0.05) is 27.2 Å². The van der Waals surface area contributed by atoms with Gasteiger partial charge in [0.1, 0.15) is 10.8 Å². The standard InChI is InChI=1S/C18H16Cl2N4O2S2/c1-26-14-6-4-13(5-7-14)21-17(25)22-18-24-23-16(28-18)10-27-9-11-2-3-12(19)8-15(11)20/h2-8H,9-10H2,1H3,(H2,21,22,24,25). The second-order valence-electron chi connectivity index (χ2n) is 5.54. The van der Waals surface area contributed by atoms with Gasteiger partial charge in [-0.2, -0.15) is 0 Å². The summed E-state index contributed by atoms with van der Waals surface area (Å²) in [4.78, 5) is 12.1. The Bertz CT molecular complexity index is 951. The van der Waals surface area contributed by atoms with E-state index in [0.717, 1.165) is 22.1 Å². The number of rotatable bonds is 7. The van der Waals surface area contributed by atoms with Crippen molar-refractivity contribution in [3.8, 4) is 5.75 Å². The number of hydrogen-bond acceptors (Lipinski definition) is 6. The molecule has 0 radical (unpaired) electrons. The van der Waals surface area contributed by atoms with Gasteiger partial charge < -0.3 is 10.1 Å². The van der Waals surface area contributed by atoms with Gasteiger partial charge in [-0.3, -0.25) is 5.32 Å². The second kappa shape index (κ2) is 9.97. The molecule has 0 aliphatic carbocycles. The predicted molar refractivity (Wildman–Crippen MR) is 117 cm³/mol. The van der Waals surface area contributed by atoms with Crippen LogP contribution in [0.5, 0.6) is 5.75 Å². The quantitative estimate of drug-likeness (QED) is 0.462. The first-order valence-electron chi connectivity index (χ1n) is 8.09. The first kappa shape index (κ1) is 20.7. The van der Waals surface area contributed by atoms with Gasteiger partial charge >= 0.3 is 6.03 Å². The number of carbonyl (C=O) groups is 1. The number of benzene rings is 2. The van der Waals surface area contributed by atoms with Gasteiger partial charge in [-0.1, -0.05) is 40.6 Å². The fourth-order valence-corrected chi connectivity index (χ4v) is 4.56. The summed E-state index contributed by atoms with van der Waals surface area (Å²) >= 11 is 15.1. The van der Waals surface area contributed by atoms with E-state index in [2.05, 4.69) is 20.8 Å². The van der Waals surface area contributed by atoms with Crippen LogP contribution in [0, 0.1) is 0 Å². The average Bonchev–Trinajstić information content (AvgIpc) is 3.11. The van der Waals surface area contributed by atoms with E-state index in [0.29, 0.717) is 26.6 Å². The molecule has 0 aliphatic heterocycles. The van der Waals surface area contributed by atoms with Crippen LogP contribution in [0.25, 0.3) is 0 Å². The lowest BCUT2D eigenvalue weighted by Crippen LogP contribution is -2.19. The van der Waals surface area contributed by atoms with E-state index < -0.39 is 0 Å². The number of thioether (sulfide) groups is 1. The summed E-state index contributed by atoms with van der Waals surface area (Å²) in [6, 6.07) is 12.1. The van der Waals surface area contributed by atoms with Crippen LogP contribution in [0.4, 0.5) is 15.6 Å². The summed E-state index contributed by atoms with van der Waals surface area (Å²) in [5.41, 5.74) is 1.66. The molecule has 0 aliphatic rings. The molecule has 3 aromatic rings. The molecule has 0 saturated carbocycles. The van der Waals surface area contributed by atoms with Gasteiger partial charge in [0.05, 0.1) is 7.11 Å². The highest BCUT2D eigenvalue weighted by Crippen LogP contribution is 2.27. The van der Waals surface area contributed by atoms with Crippen LogP contribution in [-0.2, 0) is 11.5 Å². The molecular formula is C18H16Cl2N4O2S2. The Kier molecular flexibility index (Phi) is 7.38. The Morgan fingerprint density at radius 2 is 1.89 bits per heavy atom. The number of nitrogens with one attached hydrogen (secondary N) is 2. The van der Waals surface area contributed by atoms with E-state index in [-0.39, 0.29) is 6.03 Å². The number of ether oxygens (including phenoxy) is 1. The van der Waals surface area contributed by atoms with Crippen molar-refractivity contribution in [3.63, 3.8) is 0 Å². The lowest BCUT2D eigenvalue weighted by Gasteiger charge is -2.06. The minimum absolute atomic E-state index is 0.381. The normalized spacial score (nSPS) is 10.5. The van der Waals surface area contributed by atoms with Gasteiger partial charge in [-0.25, -0.2) is 4.79 Å². The van der Waals surface area contributed by atoms with Crippen LogP contribution in [0.3, 0.4) is 0 Å². The number of anilines is 2. The predicted octanol–water partition coefficient (Wildman–Crippen LogP) is 5.93. The number of carbonyl (C=O) groups excluding carboxylic acids is 1. The van der Waals surface area contributed by atoms with Crippen molar-refractivity contribution < 1.29 is 9.53 Å². The number of methoxy groups -OCH3 is 1. The van der Waals surface area contributed by atoms with Crippen LogP contribution in [0.2, 0.25) is 10.0 Å². The highest BCUT2D eigenvalue weighted by atomic mass is 35.5. The van der Waals surface area contributed by atoms with E-state index in [4.69, 9.17) is 27.9 Å². The van der Waals surface area contributed by atoms with E-state index in [1.54, 1.807) is 49.2 Å². The SMILES string of the molecule is COc1ccc(NC(=O)Nc2nnc(CSCc3ccc(Cl)cc3Cl)s2)cc1. The largest absolute Gasteiger partial charge is 0.497 e. The van der Waals surface area contributed by atoms with Crippen molar-refractivity contribution in [1.82, 2.24) is 10.2 Å². The van der Waals surface area contributed by atoms with Crippen LogP contribution < -0.4 is 15.4 Å². The lowest BCUT2D eigenvalue weighted by molar-refractivity contribution is 0.262. The van der Waals surface area contributed by atoms with Crippen LogP contribution in [0.15, 0.2) is 42.5 Å². The number of halogens is 2. The van der Waals surface area contributed by atoms with Crippen molar-refractivity contribution in [2.24, 2.45) is 0 Å². The first-order valence-corrected chi connectivity index (χ1v) is 10.8. The molecule has 146 valence electrons.